The molecule has 30 heavy (non-hydrogen) atoms. The molecule has 0 heterocycles. The quantitative estimate of drug-likeness (QED) is 0.592. The molecule has 7 heteroatoms. The molecule has 0 aliphatic rings. The fourth-order valence-electron chi connectivity index (χ4n) is 2.88. The van der Waals surface area contributed by atoms with Gasteiger partial charge in [-0.05, 0) is 56.4 Å². The van der Waals surface area contributed by atoms with Crippen molar-refractivity contribution < 1.29 is 19.1 Å². The van der Waals surface area contributed by atoms with E-state index in [1.54, 1.807) is 50.4 Å². The first-order chi connectivity index (χ1) is 14.5. The number of carbonyl (C=O) groups is 2. The first-order valence-corrected chi connectivity index (χ1v) is 10.2. The number of nitrogens with zero attached hydrogens (tertiary/aromatic N) is 1. The zero-order valence-corrected chi connectivity index (χ0v) is 18.1. The van der Waals surface area contributed by atoms with Crippen LogP contribution in [0.25, 0.3) is 0 Å². The molecule has 162 valence electrons. The second kappa shape index (κ2) is 11.8. The molecule has 0 aliphatic carbocycles. The van der Waals surface area contributed by atoms with E-state index in [1.165, 1.54) is 0 Å². The SMILES string of the molecule is CCN(CC)CCNC(=O)c1ccc(NC(=O)C(C)Oc2ccccc2OC)cc1. The van der Waals surface area contributed by atoms with Gasteiger partial charge in [-0.25, -0.2) is 0 Å². The van der Waals surface area contributed by atoms with E-state index < -0.39 is 6.10 Å². The third-order valence-electron chi connectivity index (χ3n) is 4.76. The number of amides is 2. The zero-order chi connectivity index (χ0) is 21.9. The van der Waals surface area contributed by atoms with Crippen LogP contribution in [0.3, 0.4) is 0 Å². The number of nitrogens with one attached hydrogen (secondary N) is 2. The molecule has 1 unspecified atom stereocenters. The molecule has 2 amide bonds. The molecule has 0 saturated carbocycles. The fraction of sp³-hybridized carbons (Fsp3) is 0.391. The molecule has 2 aromatic carbocycles. The van der Waals surface area contributed by atoms with Gasteiger partial charge < -0.3 is 25.0 Å². The van der Waals surface area contributed by atoms with Crippen LogP contribution < -0.4 is 20.1 Å². The van der Waals surface area contributed by atoms with Crippen LogP contribution in [-0.4, -0.2) is 56.1 Å². The van der Waals surface area contributed by atoms with Crippen molar-refractivity contribution in [1.29, 1.82) is 0 Å². The summed E-state index contributed by atoms with van der Waals surface area (Å²) >= 11 is 0. The van der Waals surface area contributed by atoms with E-state index in [0.29, 0.717) is 29.3 Å². The lowest BCUT2D eigenvalue weighted by Gasteiger charge is -2.18. The molecule has 1 atom stereocenters. The van der Waals surface area contributed by atoms with E-state index in [0.717, 1.165) is 19.6 Å². The summed E-state index contributed by atoms with van der Waals surface area (Å²) in [5, 5.41) is 5.71. The average molecular weight is 414 g/mol. The van der Waals surface area contributed by atoms with Gasteiger partial charge in [0.25, 0.3) is 11.8 Å². The monoisotopic (exact) mass is 413 g/mol. The highest BCUT2D eigenvalue weighted by Gasteiger charge is 2.17. The Kier molecular flexibility index (Phi) is 9.15. The Hall–Kier alpha value is -3.06. The van der Waals surface area contributed by atoms with Gasteiger partial charge >= 0.3 is 0 Å². The molecule has 0 saturated heterocycles. The van der Waals surface area contributed by atoms with Gasteiger partial charge in [0.15, 0.2) is 17.6 Å². The van der Waals surface area contributed by atoms with Crippen molar-refractivity contribution in [2.24, 2.45) is 0 Å². The van der Waals surface area contributed by atoms with Crippen molar-refractivity contribution in [3.8, 4) is 11.5 Å². The molecule has 0 aliphatic heterocycles. The highest BCUT2D eigenvalue weighted by atomic mass is 16.5. The van der Waals surface area contributed by atoms with Crippen molar-refractivity contribution in [1.82, 2.24) is 10.2 Å². The lowest BCUT2D eigenvalue weighted by molar-refractivity contribution is -0.122. The van der Waals surface area contributed by atoms with Crippen LogP contribution in [0.5, 0.6) is 11.5 Å². The summed E-state index contributed by atoms with van der Waals surface area (Å²) < 4.78 is 10.9. The van der Waals surface area contributed by atoms with Gasteiger partial charge in [-0.3, -0.25) is 9.59 Å². The second-order valence-corrected chi connectivity index (χ2v) is 6.76. The van der Waals surface area contributed by atoms with E-state index in [9.17, 15) is 9.59 Å². The van der Waals surface area contributed by atoms with E-state index >= 15 is 0 Å². The van der Waals surface area contributed by atoms with Crippen molar-refractivity contribution in [3.05, 3.63) is 54.1 Å². The number of ether oxygens (including phenoxy) is 2. The number of para-hydroxylation sites is 2. The Morgan fingerprint density at radius 1 is 1.00 bits per heavy atom. The Labute approximate surface area is 178 Å². The van der Waals surface area contributed by atoms with E-state index in [2.05, 4.69) is 29.4 Å². The van der Waals surface area contributed by atoms with Gasteiger partial charge in [-0.2, -0.15) is 0 Å². The lowest BCUT2D eigenvalue weighted by Crippen LogP contribution is -2.34. The predicted molar refractivity (Wildman–Crippen MR) is 118 cm³/mol. The van der Waals surface area contributed by atoms with Crippen molar-refractivity contribution in [2.75, 3.05) is 38.6 Å². The van der Waals surface area contributed by atoms with Crippen LogP contribution in [0.4, 0.5) is 5.69 Å². The van der Waals surface area contributed by atoms with Gasteiger partial charge in [0, 0.05) is 24.3 Å². The summed E-state index contributed by atoms with van der Waals surface area (Å²) in [4.78, 5) is 26.9. The van der Waals surface area contributed by atoms with Crippen LogP contribution in [0.1, 0.15) is 31.1 Å². The maximum Gasteiger partial charge on any atom is 0.265 e. The third kappa shape index (κ3) is 6.77. The maximum atomic E-state index is 12.4. The number of rotatable bonds is 11. The number of anilines is 1. The standard InChI is InChI=1S/C23H31N3O4/c1-5-26(6-2)16-15-24-23(28)18-11-13-19(14-12-18)25-22(27)17(3)30-21-10-8-7-9-20(21)29-4/h7-14,17H,5-6,15-16H2,1-4H3,(H,24,28)(H,25,27). The summed E-state index contributed by atoms with van der Waals surface area (Å²) in [5.74, 6) is 0.637. The van der Waals surface area contributed by atoms with E-state index in [-0.39, 0.29) is 11.8 Å². The molecular formula is C23H31N3O4. The van der Waals surface area contributed by atoms with E-state index in [1.807, 2.05) is 12.1 Å². The average Bonchev–Trinajstić information content (AvgIpc) is 2.77. The normalized spacial score (nSPS) is 11.6. The molecule has 2 N–H and O–H groups in total. The number of likely N-dealkylation sites (N-methyl/N-ethyl adjacent to an activating group) is 1. The van der Waals surface area contributed by atoms with Gasteiger partial charge in [-0.1, -0.05) is 26.0 Å². The third-order valence-corrected chi connectivity index (χ3v) is 4.76. The van der Waals surface area contributed by atoms with Gasteiger partial charge in [0.1, 0.15) is 0 Å². The molecular weight excluding hydrogens is 382 g/mol. The molecule has 2 aromatic rings. The van der Waals surface area contributed by atoms with Crippen LogP contribution in [0.2, 0.25) is 0 Å². The molecule has 0 spiro atoms. The van der Waals surface area contributed by atoms with Crippen molar-refractivity contribution in [3.63, 3.8) is 0 Å². The Morgan fingerprint density at radius 2 is 1.63 bits per heavy atom. The number of carbonyl (C=O) groups excluding carboxylic acids is 2. The molecule has 7 nitrogen and oxygen atoms in total. The first kappa shape index (κ1) is 23.2. The summed E-state index contributed by atoms with van der Waals surface area (Å²) in [7, 11) is 1.55. The number of hydrogen-bond acceptors (Lipinski definition) is 5. The minimum Gasteiger partial charge on any atom is -0.493 e. The van der Waals surface area contributed by atoms with Crippen LogP contribution in [0, 0.1) is 0 Å². The predicted octanol–water partition coefficient (Wildman–Crippen LogP) is 3.17. The number of benzene rings is 2. The molecule has 0 fully saturated rings. The largest absolute Gasteiger partial charge is 0.493 e. The summed E-state index contributed by atoms with van der Waals surface area (Å²) in [6, 6.07) is 13.9. The van der Waals surface area contributed by atoms with Crippen LogP contribution in [-0.2, 0) is 4.79 Å². The maximum absolute atomic E-state index is 12.4. The second-order valence-electron chi connectivity index (χ2n) is 6.76. The van der Waals surface area contributed by atoms with Crippen LogP contribution >= 0.6 is 0 Å². The Bertz CT molecular complexity index is 819. The highest BCUT2D eigenvalue weighted by Crippen LogP contribution is 2.27. The van der Waals surface area contributed by atoms with Gasteiger partial charge in [0.05, 0.1) is 7.11 Å². The van der Waals surface area contributed by atoms with Crippen LogP contribution in [0.15, 0.2) is 48.5 Å². The van der Waals surface area contributed by atoms with Gasteiger partial charge in [0.2, 0.25) is 0 Å². The fourth-order valence-corrected chi connectivity index (χ4v) is 2.88. The lowest BCUT2D eigenvalue weighted by atomic mass is 10.2. The summed E-state index contributed by atoms with van der Waals surface area (Å²) in [6.45, 7) is 9.19. The highest BCUT2D eigenvalue weighted by molar-refractivity contribution is 5.96. The Balaban J connectivity index is 1.87. The minimum absolute atomic E-state index is 0.132. The topological polar surface area (TPSA) is 79.9 Å². The molecule has 2 rings (SSSR count). The minimum atomic E-state index is -0.718. The van der Waals surface area contributed by atoms with Crippen molar-refractivity contribution in [2.45, 2.75) is 26.9 Å². The molecule has 0 radical (unpaired) electrons. The number of hydrogen-bond donors (Lipinski definition) is 2. The molecule has 0 aromatic heterocycles. The van der Waals surface area contributed by atoms with Crippen molar-refractivity contribution >= 4 is 17.5 Å². The van der Waals surface area contributed by atoms with Gasteiger partial charge in [-0.15, -0.1) is 0 Å². The molecule has 0 bridgehead atoms. The van der Waals surface area contributed by atoms with E-state index in [4.69, 9.17) is 9.47 Å². The first-order valence-electron chi connectivity index (χ1n) is 10.2. The number of methoxy groups -OCH3 is 1. The Morgan fingerprint density at radius 3 is 2.23 bits per heavy atom. The summed E-state index contributed by atoms with van der Waals surface area (Å²) in [5.41, 5.74) is 1.14. The summed E-state index contributed by atoms with van der Waals surface area (Å²) in [6.07, 6.45) is -0.718. The smallest absolute Gasteiger partial charge is 0.265 e. The zero-order valence-electron chi connectivity index (χ0n) is 18.1.